The average molecular weight is 359 g/mol. The number of aryl methyl sites for hydroxylation is 2. The Hall–Kier alpha value is -3.47. The Labute approximate surface area is 158 Å². The first kappa shape index (κ1) is 18.3. The summed E-state index contributed by atoms with van der Waals surface area (Å²) >= 11 is 0. The quantitative estimate of drug-likeness (QED) is 0.412. The zero-order valence-electron chi connectivity index (χ0n) is 15.3. The van der Waals surface area contributed by atoms with Crippen molar-refractivity contribution < 1.29 is 9.59 Å². The van der Waals surface area contributed by atoms with Crippen molar-refractivity contribution >= 4 is 34.5 Å². The minimum Gasteiger partial charge on any atom is -0.325 e. The molecule has 0 aliphatic rings. The summed E-state index contributed by atoms with van der Waals surface area (Å²) in [6.07, 6.45) is 1.29. The van der Waals surface area contributed by atoms with Gasteiger partial charge in [-0.2, -0.15) is 5.10 Å². The van der Waals surface area contributed by atoms with Crippen LogP contribution in [0.2, 0.25) is 0 Å². The van der Waals surface area contributed by atoms with E-state index in [-0.39, 0.29) is 12.3 Å². The largest absolute Gasteiger partial charge is 0.325 e. The summed E-state index contributed by atoms with van der Waals surface area (Å²) in [6, 6.07) is 19.5. The highest BCUT2D eigenvalue weighted by Gasteiger charge is 2.10. The lowest BCUT2D eigenvalue weighted by Crippen LogP contribution is -2.24. The SMILES string of the molecule is Cc1ccc(NC(=O)CC(=O)NN=Cc2cccc3ccccc23)c(C)c1. The molecule has 0 aliphatic heterocycles. The summed E-state index contributed by atoms with van der Waals surface area (Å²) in [5, 5.41) is 8.87. The molecule has 0 radical (unpaired) electrons. The van der Waals surface area contributed by atoms with E-state index in [9.17, 15) is 9.59 Å². The third-order valence-corrected chi connectivity index (χ3v) is 4.19. The Bertz CT molecular complexity index is 1020. The molecule has 0 spiro atoms. The number of fused-ring (bicyclic) bond motifs is 1. The molecule has 0 aromatic heterocycles. The second-order valence-corrected chi connectivity index (χ2v) is 6.40. The molecule has 2 amide bonds. The summed E-state index contributed by atoms with van der Waals surface area (Å²) in [4.78, 5) is 24.0. The Morgan fingerprint density at radius 1 is 0.963 bits per heavy atom. The van der Waals surface area contributed by atoms with Crippen molar-refractivity contribution in [3.63, 3.8) is 0 Å². The summed E-state index contributed by atoms with van der Waals surface area (Å²) in [7, 11) is 0. The average Bonchev–Trinajstić information content (AvgIpc) is 2.64. The van der Waals surface area contributed by atoms with Crippen molar-refractivity contribution in [2.75, 3.05) is 5.32 Å². The van der Waals surface area contributed by atoms with Crippen LogP contribution in [0.3, 0.4) is 0 Å². The van der Waals surface area contributed by atoms with Crippen LogP contribution in [0.4, 0.5) is 5.69 Å². The van der Waals surface area contributed by atoms with Crippen molar-refractivity contribution in [1.29, 1.82) is 0 Å². The number of hydrazone groups is 1. The smallest absolute Gasteiger partial charge is 0.249 e. The number of amides is 2. The maximum Gasteiger partial charge on any atom is 0.249 e. The van der Waals surface area contributed by atoms with E-state index in [1.54, 1.807) is 6.21 Å². The van der Waals surface area contributed by atoms with Crippen LogP contribution < -0.4 is 10.7 Å². The molecule has 3 aromatic rings. The molecule has 2 N–H and O–H groups in total. The van der Waals surface area contributed by atoms with E-state index >= 15 is 0 Å². The number of rotatable bonds is 5. The fourth-order valence-corrected chi connectivity index (χ4v) is 2.87. The van der Waals surface area contributed by atoms with Crippen molar-refractivity contribution in [2.24, 2.45) is 5.10 Å². The van der Waals surface area contributed by atoms with E-state index in [0.29, 0.717) is 5.69 Å². The van der Waals surface area contributed by atoms with Gasteiger partial charge in [0, 0.05) is 11.3 Å². The highest BCUT2D eigenvalue weighted by Crippen LogP contribution is 2.17. The molecule has 5 nitrogen and oxygen atoms in total. The highest BCUT2D eigenvalue weighted by molar-refractivity contribution is 6.04. The molecule has 0 heterocycles. The lowest BCUT2D eigenvalue weighted by atomic mass is 10.1. The molecular formula is C22H21N3O2. The van der Waals surface area contributed by atoms with Gasteiger partial charge in [0.15, 0.2) is 0 Å². The van der Waals surface area contributed by atoms with Crippen LogP contribution in [-0.2, 0) is 9.59 Å². The monoisotopic (exact) mass is 359 g/mol. The third-order valence-electron chi connectivity index (χ3n) is 4.19. The normalized spacial score (nSPS) is 10.9. The molecule has 0 atom stereocenters. The number of nitrogens with one attached hydrogen (secondary N) is 2. The van der Waals surface area contributed by atoms with E-state index < -0.39 is 5.91 Å². The van der Waals surface area contributed by atoms with E-state index in [0.717, 1.165) is 27.5 Å². The lowest BCUT2D eigenvalue weighted by Gasteiger charge is -2.08. The van der Waals surface area contributed by atoms with Gasteiger partial charge in [0.25, 0.3) is 0 Å². The molecule has 0 saturated heterocycles. The van der Waals surface area contributed by atoms with Gasteiger partial charge in [-0.25, -0.2) is 5.43 Å². The zero-order chi connectivity index (χ0) is 19.2. The van der Waals surface area contributed by atoms with Crippen molar-refractivity contribution in [2.45, 2.75) is 20.3 Å². The van der Waals surface area contributed by atoms with Gasteiger partial charge in [-0.3, -0.25) is 9.59 Å². The van der Waals surface area contributed by atoms with E-state index in [1.807, 2.05) is 74.5 Å². The molecule has 3 rings (SSSR count). The minimum atomic E-state index is -0.464. The first-order chi connectivity index (χ1) is 13.0. The van der Waals surface area contributed by atoms with Gasteiger partial charge < -0.3 is 5.32 Å². The number of anilines is 1. The predicted molar refractivity (Wildman–Crippen MR) is 109 cm³/mol. The van der Waals surface area contributed by atoms with Crippen LogP contribution >= 0.6 is 0 Å². The summed E-state index contributed by atoms with van der Waals surface area (Å²) in [5.74, 6) is -0.839. The summed E-state index contributed by atoms with van der Waals surface area (Å²) in [5.41, 5.74) is 6.08. The maximum absolute atomic E-state index is 12.0. The number of benzene rings is 3. The Kier molecular flexibility index (Phi) is 5.61. The molecule has 3 aromatic carbocycles. The number of hydrogen-bond donors (Lipinski definition) is 2. The predicted octanol–water partition coefficient (Wildman–Crippen LogP) is 3.94. The highest BCUT2D eigenvalue weighted by atomic mass is 16.2. The maximum atomic E-state index is 12.0. The fourth-order valence-electron chi connectivity index (χ4n) is 2.87. The van der Waals surface area contributed by atoms with Crippen LogP contribution in [0.1, 0.15) is 23.1 Å². The van der Waals surface area contributed by atoms with E-state index in [1.165, 1.54) is 0 Å². The van der Waals surface area contributed by atoms with Crippen LogP contribution in [-0.4, -0.2) is 18.0 Å². The van der Waals surface area contributed by atoms with Gasteiger partial charge in [0.05, 0.1) is 6.21 Å². The lowest BCUT2D eigenvalue weighted by molar-refractivity contribution is -0.126. The molecule has 136 valence electrons. The summed E-state index contributed by atoms with van der Waals surface area (Å²) in [6.45, 7) is 3.90. The van der Waals surface area contributed by atoms with Gasteiger partial charge in [-0.1, -0.05) is 60.2 Å². The topological polar surface area (TPSA) is 70.6 Å². The second kappa shape index (κ2) is 8.27. The molecule has 0 aliphatic carbocycles. The first-order valence-electron chi connectivity index (χ1n) is 8.70. The van der Waals surface area contributed by atoms with Gasteiger partial charge >= 0.3 is 0 Å². The number of carbonyl (C=O) groups excluding carboxylic acids is 2. The van der Waals surface area contributed by atoms with Crippen LogP contribution in [0.25, 0.3) is 10.8 Å². The van der Waals surface area contributed by atoms with Gasteiger partial charge in [-0.05, 0) is 36.2 Å². The van der Waals surface area contributed by atoms with Crippen molar-refractivity contribution in [3.8, 4) is 0 Å². The zero-order valence-corrected chi connectivity index (χ0v) is 15.3. The minimum absolute atomic E-state index is 0.291. The Balaban J connectivity index is 1.57. The van der Waals surface area contributed by atoms with Gasteiger partial charge in [0.1, 0.15) is 6.42 Å². The van der Waals surface area contributed by atoms with Crippen LogP contribution in [0.5, 0.6) is 0 Å². The standard InChI is InChI=1S/C22H21N3O2/c1-15-10-11-20(16(2)12-15)24-21(26)13-22(27)25-23-14-18-8-5-7-17-6-3-4-9-19(17)18/h3-12,14H,13H2,1-2H3,(H,24,26)(H,25,27). The van der Waals surface area contributed by atoms with Gasteiger partial charge in [0.2, 0.25) is 11.8 Å². The molecule has 5 heteroatoms. The van der Waals surface area contributed by atoms with Crippen molar-refractivity contribution in [3.05, 3.63) is 77.4 Å². The van der Waals surface area contributed by atoms with E-state index in [2.05, 4.69) is 15.8 Å². The third kappa shape index (κ3) is 4.79. The first-order valence-corrected chi connectivity index (χ1v) is 8.70. The second-order valence-electron chi connectivity index (χ2n) is 6.40. The Morgan fingerprint density at radius 2 is 1.74 bits per heavy atom. The van der Waals surface area contributed by atoms with Crippen LogP contribution in [0, 0.1) is 13.8 Å². The Morgan fingerprint density at radius 3 is 2.56 bits per heavy atom. The molecule has 0 saturated carbocycles. The number of hydrogen-bond acceptors (Lipinski definition) is 3. The molecule has 0 bridgehead atoms. The summed E-state index contributed by atoms with van der Waals surface area (Å²) < 4.78 is 0. The van der Waals surface area contributed by atoms with E-state index in [4.69, 9.17) is 0 Å². The van der Waals surface area contributed by atoms with Crippen LogP contribution in [0.15, 0.2) is 65.8 Å². The number of carbonyl (C=O) groups is 2. The van der Waals surface area contributed by atoms with Crippen molar-refractivity contribution in [1.82, 2.24) is 5.43 Å². The number of nitrogens with zero attached hydrogens (tertiary/aromatic N) is 1. The molecule has 27 heavy (non-hydrogen) atoms. The molecule has 0 fully saturated rings. The molecular weight excluding hydrogens is 338 g/mol. The molecule has 0 unspecified atom stereocenters. The fraction of sp³-hybridized carbons (Fsp3) is 0.136. The van der Waals surface area contributed by atoms with Gasteiger partial charge in [-0.15, -0.1) is 0 Å².